The van der Waals surface area contributed by atoms with E-state index in [1.54, 1.807) is 0 Å². The largest absolute Gasteiger partial charge is 0.481 e. The zero-order valence-corrected chi connectivity index (χ0v) is 13.6. The summed E-state index contributed by atoms with van der Waals surface area (Å²) in [4.78, 5) is 22.1. The van der Waals surface area contributed by atoms with Gasteiger partial charge < -0.3 is 10.4 Å². The summed E-state index contributed by atoms with van der Waals surface area (Å²) in [7, 11) is 0. The molecule has 0 fully saturated rings. The molecule has 110 valence electrons. The predicted octanol–water partition coefficient (Wildman–Crippen LogP) is 3.45. The molecule has 1 rings (SSSR count). The highest BCUT2D eigenvalue weighted by molar-refractivity contribution is 14.1. The zero-order valence-electron chi connectivity index (χ0n) is 11.4. The second kappa shape index (κ2) is 9.74. The van der Waals surface area contributed by atoms with Crippen LogP contribution in [0.1, 0.15) is 48.9 Å². The van der Waals surface area contributed by atoms with Crippen LogP contribution in [0.2, 0.25) is 0 Å². The standard InChI is InChI=1S/C15H20INO3/c16-13-8-6-7-12(11-13)15(20)17-10-5-3-1-2-4-9-14(18)19/h6-8,11H,1-5,9-10H2,(H,17,20)(H,18,19). The molecular formula is C15H20INO3. The van der Waals surface area contributed by atoms with Gasteiger partial charge in [0.05, 0.1) is 0 Å². The summed E-state index contributed by atoms with van der Waals surface area (Å²) < 4.78 is 1.05. The summed E-state index contributed by atoms with van der Waals surface area (Å²) in [5, 5.41) is 11.4. The Bertz CT molecular complexity index is 448. The van der Waals surface area contributed by atoms with Gasteiger partial charge in [-0.25, -0.2) is 0 Å². The SMILES string of the molecule is O=C(O)CCCCCCCNC(=O)c1cccc(I)c1. The number of nitrogens with one attached hydrogen (secondary N) is 1. The molecule has 0 aliphatic heterocycles. The number of carboxylic acid groups (broad SMARTS) is 1. The highest BCUT2D eigenvalue weighted by Crippen LogP contribution is 2.08. The van der Waals surface area contributed by atoms with Crippen molar-refractivity contribution >= 4 is 34.5 Å². The molecule has 0 aliphatic carbocycles. The van der Waals surface area contributed by atoms with Crippen molar-refractivity contribution in [2.75, 3.05) is 6.54 Å². The Hall–Kier alpha value is -1.11. The third-order valence-corrected chi connectivity index (χ3v) is 3.61. The van der Waals surface area contributed by atoms with E-state index in [0.717, 1.165) is 35.7 Å². The minimum atomic E-state index is -0.727. The Labute approximate surface area is 133 Å². The summed E-state index contributed by atoms with van der Waals surface area (Å²) in [6.07, 6.45) is 4.91. The third kappa shape index (κ3) is 7.47. The van der Waals surface area contributed by atoms with Gasteiger partial charge in [0, 0.05) is 22.1 Å². The Morgan fingerprint density at radius 2 is 1.80 bits per heavy atom. The van der Waals surface area contributed by atoms with Crippen molar-refractivity contribution in [1.29, 1.82) is 0 Å². The number of halogens is 1. The fraction of sp³-hybridized carbons (Fsp3) is 0.467. The monoisotopic (exact) mass is 389 g/mol. The van der Waals surface area contributed by atoms with Crippen LogP contribution in [0, 0.1) is 3.57 Å². The highest BCUT2D eigenvalue weighted by Gasteiger charge is 2.04. The molecule has 0 heterocycles. The topological polar surface area (TPSA) is 66.4 Å². The van der Waals surface area contributed by atoms with E-state index in [1.807, 2.05) is 24.3 Å². The number of carbonyl (C=O) groups excluding carboxylic acids is 1. The van der Waals surface area contributed by atoms with E-state index in [-0.39, 0.29) is 12.3 Å². The first-order valence-corrected chi connectivity index (χ1v) is 7.93. The first-order valence-electron chi connectivity index (χ1n) is 6.85. The zero-order chi connectivity index (χ0) is 14.8. The number of aliphatic carboxylic acids is 1. The molecule has 0 spiro atoms. The Balaban J connectivity index is 2.06. The van der Waals surface area contributed by atoms with E-state index in [1.165, 1.54) is 0 Å². The summed E-state index contributed by atoms with van der Waals surface area (Å²) in [6, 6.07) is 7.50. The van der Waals surface area contributed by atoms with Gasteiger partial charge in [0.1, 0.15) is 0 Å². The first kappa shape index (κ1) is 16.9. The number of benzene rings is 1. The summed E-state index contributed by atoms with van der Waals surface area (Å²) in [6.45, 7) is 0.670. The Morgan fingerprint density at radius 3 is 2.50 bits per heavy atom. The van der Waals surface area contributed by atoms with Gasteiger partial charge in [-0.05, 0) is 53.6 Å². The van der Waals surface area contributed by atoms with Crippen molar-refractivity contribution in [3.05, 3.63) is 33.4 Å². The molecule has 0 bridgehead atoms. The van der Waals surface area contributed by atoms with Crippen LogP contribution in [-0.4, -0.2) is 23.5 Å². The average Bonchev–Trinajstić information content (AvgIpc) is 2.41. The molecular weight excluding hydrogens is 369 g/mol. The van der Waals surface area contributed by atoms with Crippen LogP contribution in [-0.2, 0) is 4.79 Å². The molecule has 0 unspecified atom stereocenters. The molecule has 1 aromatic rings. The van der Waals surface area contributed by atoms with Gasteiger partial charge in [-0.3, -0.25) is 9.59 Å². The number of amides is 1. The number of hydrogen-bond donors (Lipinski definition) is 2. The van der Waals surface area contributed by atoms with E-state index in [9.17, 15) is 9.59 Å². The average molecular weight is 389 g/mol. The van der Waals surface area contributed by atoms with E-state index >= 15 is 0 Å². The number of carbonyl (C=O) groups is 2. The minimum Gasteiger partial charge on any atom is -0.481 e. The molecule has 0 saturated carbocycles. The van der Waals surface area contributed by atoms with Crippen molar-refractivity contribution < 1.29 is 14.7 Å². The first-order chi connectivity index (χ1) is 9.59. The lowest BCUT2D eigenvalue weighted by Gasteiger charge is -2.05. The molecule has 0 radical (unpaired) electrons. The maximum Gasteiger partial charge on any atom is 0.303 e. The van der Waals surface area contributed by atoms with Crippen molar-refractivity contribution in [3.8, 4) is 0 Å². The fourth-order valence-electron chi connectivity index (χ4n) is 1.87. The second-order valence-corrected chi connectivity index (χ2v) is 5.92. The van der Waals surface area contributed by atoms with Crippen LogP contribution in [0.5, 0.6) is 0 Å². The van der Waals surface area contributed by atoms with Crippen molar-refractivity contribution in [1.82, 2.24) is 5.32 Å². The molecule has 4 nitrogen and oxygen atoms in total. The van der Waals surface area contributed by atoms with Crippen molar-refractivity contribution in [2.45, 2.75) is 38.5 Å². The molecule has 0 aromatic heterocycles. The van der Waals surface area contributed by atoms with Crippen LogP contribution >= 0.6 is 22.6 Å². The van der Waals surface area contributed by atoms with Crippen LogP contribution in [0.15, 0.2) is 24.3 Å². The Kier molecular flexibility index (Phi) is 8.25. The number of hydrogen-bond acceptors (Lipinski definition) is 2. The molecule has 20 heavy (non-hydrogen) atoms. The number of unbranched alkanes of at least 4 members (excludes halogenated alkanes) is 4. The minimum absolute atomic E-state index is 0.0330. The molecule has 1 amide bonds. The number of carboxylic acids is 1. The van der Waals surface area contributed by atoms with E-state index in [0.29, 0.717) is 12.1 Å². The molecule has 2 N–H and O–H groups in total. The maximum absolute atomic E-state index is 11.8. The van der Waals surface area contributed by atoms with Crippen LogP contribution in [0.3, 0.4) is 0 Å². The Morgan fingerprint density at radius 1 is 1.10 bits per heavy atom. The number of rotatable bonds is 9. The highest BCUT2D eigenvalue weighted by atomic mass is 127. The van der Waals surface area contributed by atoms with Gasteiger partial charge in [-0.1, -0.05) is 25.3 Å². The summed E-state index contributed by atoms with van der Waals surface area (Å²) in [5.74, 6) is -0.760. The van der Waals surface area contributed by atoms with E-state index < -0.39 is 5.97 Å². The molecule has 5 heteroatoms. The normalized spacial score (nSPS) is 10.2. The van der Waals surface area contributed by atoms with Crippen molar-refractivity contribution in [2.24, 2.45) is 0 Å². The van der Waals surface area contributed by atoms with Gasteiger partial charge in [0.25, 0.3) is 5.91 Å². The lowest BCUT2D eigenvalue weighted by atomic mass is 10.1. The quantitative estimate of drug-likeness (QED) is 0.502. The van der Waals surface area contributed by atoms with Crippen LogP contribution in [0.4, 0.5) is 0 Å². The second-order valence-electron chi connectivity index (χ2n) is 4.68. The molecule has 0 atom stereocenters. The van der Waals surface area contributed by atoms with E-state index in [2.05, 4.69) is 27.9 Å². The van der Waals surface area contributed by atoms with E-state index in [4.69, 9.17) is 5.11 Å². The molecule has 0 aliphatic rings. The van der Waals surface area contributed by atoms with Gasteiger partial charge in [0.15, 0.2) is 0 Å². The van der Waals surface area contributed by atoms with Gasteiger partial charge in [-0.2, -0.15) is 0 Å². The summed E-state index contributed by atoms with van der Waals surface area (Å²) >= 11 is 2.19. The third-order valence-electron chi connectivity index (χ3n) is 2.94. The smallest absolute Gasteiger partial charge is 0.303 e. The predicted molar refractivity (Wildman–Crippen MR) is 86.8 cm³/mol. The molecule has 1 aromatic carbocycles. The van der Waals surface area contributed by atoms with Gasteiger partial charge in [0.2, 0.25) is 0 Å². The van der Waals surface area contributed by atoms with Crippen molar-refractivity contribution in [3.63, 3.8) is 0 Å². The fourth-order valence-corrected chi connectivity index (χ4v) is 2.41. The summed E-state index contributed by atoms with van der Waals surface area (Å²) in [5.41, 5.74) is 0.693. The van der Waals surface area contributed by atoms with Gasteiger partial charge >= 0.3 is 5.97 Å². The van der Waals surface area contributed by atoms with Crippen LogP contribution in [0.25, 0.3) is 0 Å². The lowest BCUT2D eigenvalue weighted by Crippen LogP contribution is -2.24. The lowest BCUT2D eigenvalue weighted by molar-refractivity contribution is -0.137. The maximum atomic E-state index is 11.8. The van der Waals surface area contributed by atoms with Gasteiger partial charge in [-0.15, -0.1) is 0 Å². The van der Waals surface area contributed by atoms with Crippen LogP contribution < -0.4 is 5.32 Å². The molecule has 0 saturated heterocycles.